The predicted octanol–water partition coefficient (Wildman–Crippen LogP) is 4.05. The molecule has 0 atom stereocenters. The molecule has 108 valence electrons. The lowest BCUT2D eigenvalue weighted by atomic mass is 10.2. The fraction of sp³-hybridized carbons (Fsp3) is 0.333. The molecule has 8 heteroatoms. The zero-order valence-corrected chi connectivity index (χ0v) is 11.5. The van der Waals surface area contributed by atoms with E-state index in [0.29, 0.717) is 5.82 Å². The highest BCUT2D eigenvalue weighted by atomic mass is 32.1. The monoisotopic (exact) mass is 303 g/mol. The summed E-state index contributed by atoms with van der Waals surface area (Å²) in [6.07, 6.45) is -4.43. The number of hydrogen-bond acceptors (Lipinski definition) is 5. The van der Waals surface area contributed by atoms with E-state index in [0.717, 1.165) is 23.7 Å². The van der Waals surface area contributed by atoms with Gasteiger partial charge in [0.1, 0.15) is 5.82 Å². The number of aromatic nitrogens is 2. The van der Waals surface area contributed by atoms with E-state index in [4.69, 9.17) is 10.5 Å². The molecule has 20 heavy (non-hydrogen) atoms. The minimum Gasteiger partial charge on any atom is -0.428 e. The summed E-state index contributed by atoms with van der Waals surface area (Å²) in [6, 6.07) is 2.92. The van der Waals surface area contributed by atoms with Crippen molar-refractivity contribution in [3.8, 4) is 10.9 Å². The third-order valence-corrected chi connectivity index (χ3v) is 3.08. The molecule has 0 saturated heterocycles. The average molecular weight is 303 g/mol. The summed E-state index contributed by atoms with van der Waals surface area (Å²) in [5.74, 6) is 0.897. The van der Waals surface area contributed by atoms with Crippen LogP contribution < -0.4 is 10.5 Å². The van der Waals surface area contributed by atoms with Gasteiger partial charge < -0.3 is 10.5 Å². The SMILES string of the molecule is CC(C)c1nsc(Oc2ccc(C(F)(F)F)cc2N)n1. The molecule has 4 nitrogen and oxygen atoms in total. The van der Waals surface area contributed by atoms with E-state index < -0.39 is 11.7 Å². The maximum Gasteiger partial charge on any atom is 0.416 e. The third kappa shape index (κ3) is 3.19. The molecule has 0 unspecified atom stereocenters. The Balaban J connectivity index is 2.21. The topological polar surface area (TPSA) is 61.0 Å². The van der Waals surface area contributed by atoms with Crippen molar-refractivity contribution in [1.82, 2.24) is 9.36 Å². The van der Waals surface area contributed by atoms with Gasteiger partial charge in [0.2, 0.25) is 0 Å². The molecule has 2 N–H and O–H groups in total. The lowest BCUT2D eigenvalue weighted by Crippen LogP contribution is -2.05. The first kappa shape index (κ1) is 14.6. The number of anilines is 1. The Morgan fingerprint density at radius 2 is 2.00 bits per heavy atom. The molecule has 0 amide bonds. The summed E-state index contributed by atoms with van der Waals surface area (Å²) in [5, 5.41) is 0.250. The van der Waals surface area contributed by atoms with Crippen molar-refractivity contribution in [3.05, 3.63) is 29.6 Å². The predicted molar refractivity (Wildman–Crippen MR) is 69.9 cm³/mol. The van der Waals surface area contributed by atoms with Crippen LogP contribution in [0.15, 0.2) is 18.2 Å². The van der Waals surface area contributed by atoms with Crippen LogP contribution in [0.25, 0.3) is 0 Å². The molecule has 0 bridgehead atoms. The molecule has 0 fully saturated rings. The number of nitrogen functional groups attached to an aromatic ring is 1. The van der Waals surface area contributed by atoms with Crippen molar-refractivity contribution in [1.29, 1.82) is 0 Å². The molecule has 1 aromatic carbocycles. The van der Waals surface area contributed by atoms with E-state index in [9.17, 15) is 13.2 Å². The first-order valence-corrected chi connectivity index (χ1v) is 6.53. The maximum atomic E-state index is 12.5. The van der Waals surface area contributed by atoms with Gasteiger partial charge in [-0.2, -0.15) is 22.5 Å². The summed E-state index contributed by atoms with van der Waals surface area (Å²) < 4.78 is 46.9. The van der Waals surface area contributed by atoms with Crippen LogP contribution in [0.3, 0.4) is 0 Å². The Labute approximate surface area is 117 Å². The van der Waals surface area contributed by atoms with Gasteiger partial charge in [0.15, 0.2) is 5.75 Å². The number of hydrogen-bond donors (Lipinski definition) is 1. The summed E-state index contributed by atoms with van der Waals surface area (Å²) in [7, 11) is 0. The van der Waals surface area contributed by atoms with Gasteiger partial charge in [-0.3, -0.25) is 0 Å². The molecule has 0 aliphatic rings. The molecule has 2 aromatic rings. The first-order chi connectivity index (χ1) is 9.27. The standard InChI is InChI=1S/C12H12F3N3OS/c1-6(2)10-17-11(20-18-10)19-9-4-3-7(5-8(9)16)12(13,14)15/h3-6H,16H2,1-2H3. The van der Waals surface area contributed by atoms with Crippen molar-refractivity contribution in [3.63, 3.8) is 0 Å². The van der Waals surface area contributed by atoms with Crippen molar-refractivity contribution in [2.45, 2.75) is 25.9 Å². The van der Waals surface area contributed by atoms with Crippen LogP contribution in [0.2, 0.25) is 0 Å². The Kier molecular flexibility index (Phi) is 3.85. The van der Waals surface area contributed by atoms with Crippen LogP contribution >= 0.6 is 11.5 Å². The van der Waals surface area contributed by atoms with Crippen LogP contribution in [-0.4, -0.2) is 9.36 Å². The lowest BCUT2D eigenvalue weighted by Gasteiger charge is -2.10. The molecule has 0 aliphatic carbocycles. The highest BCUT2D eigenvalue weighted by molar-refractivity contribution is 7.07. The fourth-order valence-electron chi connectivity index (χ4n) is 1.41. The number of alkyl halides is 3. The number of ether oxygens (including phenoxy) is 1. The molecule has 0 aliphatic heterocycles. The van der Waals surface area contributed by atoms with E-state index >= 15 is 0 Å². The zero-order chi connectivity index (χ0) is 14.9. The number of rotatable bonds is 3. The lowest BCUT2D eigenvalue weighted by molar-refractivity contribution is -0.137. The number of nitrogens with two attached hydrogens (primary N) is 1. The third-order valence-electron chi connectivity index (χ3n) is 2.47. The van der Waals surface area contributed by atoms with Crippen LogP contribution in [0.5, 0.6) is 10.9 Å². The van der Waals surface area contributed by atoms with E-state index in [1.807, 2.05) is 13.8 Å². The summed E-state index contributed by atoms with van der Waals surface area (Å²) in [6.45, 7) is 3.86. The van der Waals surface area contributed by atoms with Crippen LogP contribution in [0.4, 0.5) is 18.9 Å². The van der Waals surface area contributed by atoms with Gasteiger partial charge in [-0.25, -0.2) is 0 Å². The molecular formula is C12H12F3N3OS. The van der Waals surface area contributed by atoms with Crippen molar-refractivity contribution in [2.24, 2.45) is 0 Å². The van der Waals surface area contributed by atoms with E-state index in [2.05, 4.69) is 9.36 Å². The van der Waals surface area contributed by atoms with E-state index in [1.165, 1.54) is 6.07 Å². The Morgan fingerprint density at radius 3 is 2.50 bits per heavy atom. The second kappa shape index (κ2) is 5.28. The summed E-state index contributed by atoms with van der Waals surface area (Å²) in [5.41, 5.74) is 4.65. The van der Waals surface area contributed by atoms with Crippen LogP contribution in [-0.2, 0) is 6.18 Å². The van der Waals surface area contributed by atoms with Gasteiger partial charge >= 0.3 is 6.18 Å². The van der Waals surface area contributed by atoms with Gasteiger partial charge in [-0.05, 0) is 18.2 Å². The Morgan fingerprint density at radius 1 is 1.30 bits per heavy atom. The highest BCUT2D eigenvalue weighted by Crippen LogP contribution is 2.35. The average Bonchev–Trinajstić information content (AvgIpc) is 2.79. The summed E-state index contributed by atoms with van der Waals surface area (Å²) in [4.78, 5) is 4.12. The van der Waals surface area contributed by atoms with Crippen molar-refractivity contribution < 1.29 is 17.9 Å². The number of nitrogens with zero attached hydrogens (tertiary/aromatic N) is 2. The van der Waals surface area contributed by atoms with Crippen LogP contribution in [0, 0.1) is 0 Å². The van der Waals surface area contributed by atoms with E-state index in [-0.39, 0.29) is 22.5 Å². The molecule has 2 rings (SSSR count). The normalized spacial score (nSPS) is 11.9. The van der Waals surface area contributed by atoms with Crippen molar-refractivity contribution >= 4 is 17.2 Å². The molecule has 0 saturated carbocycles. The quantitative estimate of drug-likeness (QED) is 0.869. The number of benzene rings is 1. The zero-order valence-electron chi connectivity index (χ0n) is 10.7. The molecule has 1 heterocycles. The Hall–Kier alpha value is -1.83. The smallest absolute Gasteiger partial charge is 0.416 e. The largest absolute Gasteiger partial charge is 0.428 e. The van der Waals surface area contributed by atoms with Crippen molar-refractivity contribution in [2.75, 3.05) is 5.73 Å². The summed E-state index contributed by atoms with van der Waals surface area (Å²) >= 11 is 1.03. The minimum absolute atomic E-state index is 0.0962. The van der Waals surface area contributed by atoms with Gasteiger partial charge in [0.25, 0.3) is 5.19 Å². The van der Waals surface area contributed by atoms with Gasteiger partial charge in [0.05, 0.1) is 11.3 Å². The molecular weight excluding hydrogens is 291 g/mol. The minimum atomic E-state index is -4.43. The highest BCUT2D eigenvalue weighted by Gasteiger charge is 2.31. The first-order valence-electron chi connectivity index (χ1n) is 5.75. The fourth-order valence-corrected chi connectivity index (χ4v) is 2.09. The van der Waals surface area contributed by atoms with Gasteiger partial charge in [-0.15, -0.1) is 0 Å². The molecule has 1 aromatic heterocycles. The maximum absolute atomic E-state index is 12.5. The van der Waals surface area contributed by atoms with E-state index in [1.54, 1.807) is 0 Å². The molecule has 0 radical (unpaired) electrons. The second-order valence-electron chi connectivity index (χ2n) is 4.43. The van der Waals surface area contributed by atoms with Gasteiger partial charge in [-0.1, -0.05) is 13.8 Å². The van der Waals surface area contributed by atoms with Crippen LogP contribution in [0.1, 0.15) is 31.2 Å². The Bertz CT molecular complexity index is 610. The molecule has 0 spiro atoms. The number of halogens is 3. The second-order valence-corrected chi connectivity index (χ2v) is 5.14. The van der Waals surface area contributed by atoms with Gasteiger partial charge in [0, 0.05) is 17.5 Å².